The smallest absolute Gasteiger partial charge is 0.275 e. The van der Waals surface area contributed by atoms with Gasteiger partial charge in [0.05, 0.1) is 18.6 Å². The molecule has 1 saturated heterocycles. The van der Waals surface area contributed by atoms with E-state index >= 15 is 0 Å². The second-order valence-corrected chi connectivity index (χ2v) is 8.25. The van der Waals surface area contributed by atoms with Crippen LogP contribution in [0.4, 0.5) is 13.2 Å². The fraction of sp³-hybridized carbons (Fsp3) is 0.333. The third-order valence-corrected chi connectivity index (χ3v) is 6.01. The molecule has 1 aliphatic heterocycles. The summed E-state index contributed by atoms with van der Waals surface area (Å²) in [5.74, 6) is -3.37. The molecule has 1 N–H and O–H groups in total. The van der Waals surface area contributed by atoms with Crippen molar-refractivity contribution in [3.05, 3.63) is 29.8 Å². The SMILES string of the molecule is Cc1cc(F)c2[nH]c(S(=O)(=O)N3CC(F)(F)C3)cc2c1-c1ncn(C)n1. The van der Waals surface area contributed by atoms with Crippen LogP contribution < -0.4 is 0 Å². The van der Waals surface area contributed by atoms with Crippen molar-refractivity contribution in [1.82, 2.24) is 24.1 Å². The molecule has 26 heavy (non-hydrogen) atoms. The number of nitrogens with zero attached hydrogens (tertiary/aromatic N) is 4. The van der Waals surface area contributed by atoms with Crippen LogP contribution in [0.1, 0.15) is 5.56 Å². The van der Waals surface area contributed by atoms with Crippen molar-refractivity contribution in [1.29, 1.82) is 0 Å². The van der Waals surface area contributed by atoms with Gasteiger partial charge >= 0.3 is 0 Å². The zero-order valence-corrected chi connectivity index (χ0v) is 14.6. The molecule has 7 nitrogen and oxygen atoms in total. The molecule has 0 unspecified atom stereocenters. The first-order valence-electron chi connectivity index (χ1n) is 7.64. The summed E-state index contributed by atoms with van der Waals surface area (Å²) in [6.45, 7) is -0.118. The predicted octanol–water partition coefficient (Wildman–Crippen LogP) is 2.05. The van der Waals surface area contributed by atoms with Gasteiger partial charge in [-0.1, -0.05) is 0 Å². The van der Waals surface area contributed by atoms with Crippen LogP contribution >= 0.6 is 0 Å². The number of nitrogens with one attached hydrogen (secondary N) is 1. The average Bonchev–Trinajstić information content (AvgIpc) is 3.12. The molecule has 0 bridgehead atoms. The Morgan fingerprint density at radius 3 is 2.54 bits per heavy atom. The molecule has 0 aliphatic carbocycles. The van der Waals surface area contributed by atoms with Gasteiger partial charge in [0.2, 0.25) is 0 Å². The van der Waals surface area contributed by atoms with Gasteiger partial charge in [-0.25, -0.2) is 26.6 Å². The van der Waals surface area contributed by atoms with Crippen molar-refractivity contribution in [2.24, 2.45) is 7.05 Å². The molecule has 1 aromatic carbocycles. The predicted molar refractivity (Wildman–Crippen MR) is 86.7 cm³/mol. The standard InChI is InChI=1S/C15H14F3N5O2S/c1-8-3-10(16)13-9(12(8)14-19-7-22(2)21-14)4-11(20-13)26(24,25)23-5-15(17,18)6-23/h3-4,7,20H,5-6H2,1-2H3. The van der Waals surface area contributed by atoms with Crippen molar-refractivity contribution in [2.75, 3.05) is 13.1 Å². The number of benzene rings is 1. The summed E-state index contributed by atoms with van der Waals surface area (Å²) in [7, 11) is -2.50. The van der Waals surface area contributed by atoms with Gasteiger partial charge in [0.1, 0.15) is 17.2 Å². The largest absolute Gasteiger partial charge is 0.342 e. The summed E-state index contributed by atoms with van der Waals surface area (Å²) < 4.78 is 67.6. The summed E-state index contributed by atoms with van der Waals surface area (Å²) in [5.41, 5.74) is 0.970. The van der Waals surface area contributed by atoms with Crippen molar-refractivity contribution in [3.8, 4) is 11.4 Å². The molecule has 0 atom stereocenters. The van der Waals surface area contributed by atoms with Crippen LogP contribution in [-0.2, 0) is 17.1 Å². The van der Waals surface area contributed by atoms with E-state index < -0.39 is 34.9 Å². The molecule has 11 heteroatoms. The molecule has 0 spiro atoms. The van der Waals surface area contributed by atoms with E-state index in [1.165, 1.54) is 23.1 Å². The van der Waals surface area contributed by atoms with Gasteiger partial charge < -0.3 is 4.98 Å². The van der Waals surface area contributed by atoms with Gasteiger partial charge in [0.15, 0.2) is 5.82 Å². The first-order chi connectivity index (χ1) is 12.1. The lowest BCUT2D eigenvalue weighted by Crippen LogP contribution is -2.58. The van der Waals surface area contributed by atoms with Crippen molar-refractivity contribution in [2.45, 2.75) is 17.9 Å². The van der Waals surface area contributed by atoms with E-state index in [1.54, 1.807) is 14.0 Å². The molecule has 0 radical (unpaired) electrons. The highest BCUT2D eigenvalue weighted by Gasteiger charge is 2.50. The molecule has 0 saturated carbocycles. The Bertz CT molecular complexity index is 1130. The maximum absolute atomic E-state index is 14.4. The molecular formula is C15H14F3N5O2S. The number of hydrogen-bond donors (Lipinski definition) is 1. The maximum atomic E-state index is 14.4. The van der Waals surface area contributed by atoms with E-state index in [1.807, 2.05) is 0 Å². The molecule has 1 aliphatic rings. The molecule has 1 fully saturated rings. The Morgan fingerprint density at radius 1 is 1.27 bits per heavy atom. The van der Waals surface area contributed by atoms with Gasteiger partial charge in [0, 0.05) is 18.0 Å². The van der Waals surface area contributed by atoms with Crippen LogP contribution in [0.25, 0.3) is 22.3 Å². The number of aromatic nitrogens is 4. The Balaban J connectivity index is 1.89. The topological polar surface area (TPSA) is 83.9 Å². The maximum Gasteiger partial charge on any atom is 0.275 e. The monoisotopic (exact) mass is 385 g/mol. The highest BCUT2D eigenvalue weighted by Crippen LogP contribution is 2.36. The first kappa shape index (κ1) is 17.0. The number of fused-ring (bicyclic) bond motifs is 1. The number of rotatable bonds is 3. The zero-order chi connectivity index (χ0) is 18.9. The second kappa shape index (κ2) is 5.30. The highest BCUT2D eigenvalue weighted by atomic mass is 32.2. The van der Waals surface area contributed by atoms with Crippen LogP contribution in [0.15, 0.2) is 23.5 Å². The van der Waals surface area contributed by atoms with E-state index in [4.69, 9.17) is 0 Å². The lowest BCUT2D eigenvalue weighted by atomic mass is 10.0. The number of hydrogen-bond acceptors (Lipinski definition) is 4. The van der Waals surface area contributed by atoms with Gasteiger partial charge in [-0.15, -0.1) is 0 Å². The van der Waals surface area contributed by atoms with Crippen LogP contribution in [-0.4, -0.2) is 51.5 Å². The van der Waals surface area contributed by atoms with Crippen LogP contribution in [0.5, 0.6) is 0 Å². The second-order valence-electron chi connectivity index (χ2n) is 6.34. The van der Waals surface area contributed by atoms with E-state index in [9.17, 15) is 21.6 Å². The average molecular weight is 385 g/mol. The number of aryl methyl sites for hydroxylation is 2. The molecule has 3 aromatic rings. The van der Waals surface area contributed by atoms with E-state index in [2.05, 4.69) is 15.1 Å². The molecule has 138 valence electrons. The minimum absolute atomic E-state index is 0.0380. The lowest BCUT2D eigenvalue weighted by molar-refractivity contribution is -0.0945. The minimum Gasteiger partial charge on any atom is -0.342 e. The number of aromatic amines is 1. The summed E-state index contributed by atoms with van der Waals surface area (Å²) in [5, 5.41) is 4.12. The van der Waals surface area contributed by atoms with Gasteiger partial charge in [0.25, 0.3) is 15.9 Å². The fourth-order valence-corrected chi connectivity index (χ4v) is 4.52. The van der Waals surface area contributed by atoms with Crippen LogP contribution in [0.3, 0.4) is 0 Å². The first-order valence-corrected chi connectivity index (χ1v) is 9.08. The van der Waals surface area contributed by atoms with Crippen molar-refractivity contribution in [3.63, 3.8) is 0 Å². The van der Waals surface area contributed by atoms with Crippen molar-refractivity contribution >= 4 is 20.9 Å². The number of halogens is 3. The van der Waals surface area contributed by atoms with Gasteiger partial charge in [-0.2, -0.15) is 9.40 Å². The number of alkyl halides is 2. The summed E-state index contributed by atoms with van der Waals surface area (Å²) in [6.07, 6.45) is 1.47. The minimum atomic E-state index is -4.17. The Hall–Kier alpha value is -2.40. The number of H-pyrrole nitrogens is 1. The Kier molecular flexibility index (Phi) is 3.47. The normalized spacial score (nSPS) is 17.6. The van der Waals surface area contributed by atoms with E-state index in [0.717, 1.165) is 0 Å². The summed E-state index contributed by atoms with van der Waals surface area (Å²) in [4.78, 5) is 6.65. The molecule has 4 rings (SSSR count). The molecular weight excluding hydrogens is 371 g/mol. The Morgan fingerprint density at radius 2 is 1.96 bits per heavy atom. The summed E-state index contributed by atoms with van der Waals surface area (Å²) >= 11 is 0. The summed E-state index contributed by atoms with van der Waals surface area (Å²) in [6, 6.07) is 2.49. The third kappa shape index (κ3) is 2.50. The van der Waals surface area contributed by atoms with Crippen molar-refractivity contribution < 1.29 is 21.6 Å². The van der Waals surface area contributed by atoms with E-state index in [0.29, 0.717) is 21.3 Å². The number of sulfonamides is 1. The molecule has 2 aromatic heterocycles. The van der Waals surface area contributed by atoms with E-state index in [-0.39, 0.29) is 15.9 Å². The lowest BCUT2D eigenvalue weighted by Gasteiger charge is -2.36. The Labute approximate surface area is 146 Å². The van der Waals surface area contributed by atoms with Gasteiger partial charge in [-0.3, -0.25) is 4.68 Å². The van der Waals surface area contributed by atoms with Crippen LogP contribution in [0.2, 0.25) is 0 Å². The zero-order valence-electron chi connectivity index (χ0n) is 13.8. The van der Waals surface area contributed by atoms with Gasteiger partial charge in [-0.05, 0) is 24.6 Å². The molecule has 0 amide bonds. The fourth-order valence-electron chi connectivity index (χ4n) is 3.03. The van der Waals surface area contributed by atoms with Crippen LogP contribution in [0, 0.1) is 12.7 Å². The third-order valence-electron chi connectivity index (χ3n) is 4.30. The molecule has 3 heterocycles. The quantitative estimate of drug-likeness (QED) is 0.748. The highest BCUT2D eigenvalue weighted by molar-refractivity contribution is 7.89.